The Hall–Kier alpha value is -1.62. The van der Waals surface area contributed by atoms with E-state index < -0.39 is 0 Å². The van der Waals surface area contributed by atoms with Gasteiger partial charge in [0, 0.05) is 38.4 Å². The topological polar surface area (TPSA) is 35.6 Å². The van der Waals surface area contributed by atoms with Crippen LogP contribution in [-0.2, 0) is 4.79 Å². The highest BCUT2D eigenvalue weighted by molar-refractivity contribution is 5.79. The third kappa shape index (κ3) is 3.35. The standard InChI is InChI=1S/C16H22FN3O/c17-14-3-5-15(6-4-14)19-8-10-20(11-9-19)16(21)13-2-1-7-18-12-13/h3-6,13,18H,1-2,7-12H2. The van der Waals surface area contributed by atoms with Gasteiger partial charge in [0.1, 0.15) is 5.82 Å². The van der Waals surface area contributed by atoms with Gasteiger partial charge in [-0.2, -0.15) is 0 Å². The highest BCUT2D eigenvalue weighted by Crippen LogP contribution is 2.19. The number of hydrogen-bond acceptors (Lipinski definition) is 3. The number of hydrogen-bond donors (Lipinski definition) is 1. The molecule has 1 atom stereocenters. The summed E-state index contributed by atoms with van der Waals surface area (Å²) in [7, 11) is 0. The smallest absolute Gasteiger partial charge is 0.227 e. The van der Waals surface area contributed by atoms with Gasteiger partial charge >= 0.3 is 0 Å². The lowest BCUT2D eigenvalue weighted by molar-refractivity contribution is -0.136. The van der Waals surface area contributed by atoms with Crippen molar-refractivity contribution in [2.45, 2.75) is 12.8 Å². The number of piperidine rings is 1. The minimum absolute atomic E-state index is 0.149. The van der Waals surface area contributed by atoms with Crippen LogP contribution in [0.25, 0.3) is 0 Å². The molecule has 0 radical (unpaired) electrons. The Morgan fingerprint density at radius 1 is 1.14 bits per heavy atom. The number of anilines is 1. The molecule has 1 aromatic carbocycles. The van der Waals surface area contributed by atoms with Gasteiger partial charge in [-0.3, -0.25) is 4.79 Å². The van der Waals surface area contributed by atoms with Gasteiger partial charge in [0.25, 0.3) is 0 Å². The molecule has 2 fully saturated rings. The van der Waals surface area contributed by atoms with Gasteiger partial charge in [-0.1, -0.05) is 0 Å². The molecule has 0 aliphatic carbocycles. The summed E-state index contributed by atoms with van der Waals surface area (Å²) in [5.41, 5.74) is 1.03. The van der Waals surface area contributed by atoms with E-state index in [2.05, 4.69) is 10.2 Å². The average molecular weight is 291 g/mol. The number of amides is 1. The van der Waals surface area contributed by atoms with Crippen LogP contribution < -0.4 is 10.2 Å². The van der Waals surface area contributed by atoms with Crippen molar-refractivity contribution < 1.29 is 9.18 Å². The van der Waals surface area contributed by atoms with Gasteiger partial charge in [0.05, 0.1) is 5.92 Å². The zero-order valence-electron chi connectivity index (χ0n) is 12.2. The molecule has 1 amide bonds. The summed E-state index contributed by atoms with van der Waals surface area (Å²) in [6.45, 7) is 4.99. The Balaban J connectivity index is 1.54. The number of nitrogens with one attached hydrogen (secondary N) is 1. The van der Waals surface area contributed by atoms with Gasteiger partial charge in [-0.15, -0.1) is 0 Å². The van der Waals surface area contributed by atoms with Crippen LogP contribution >= 0.6 is 0 Å². The lowest BCUT2D eigenvalue weighted by atomic mass is 9.98. The van der Waals surface area contributed by atoms with Crippen LogP contribution in [-0.4, -0.2) is 50.1 Å². The molecule has 2 saturated heterocycles. The van der Waals surface area contributed by atoms with Crippen LogP contribution in [0.1, 0.15) is 12.8 Å². The third-order valence-electron chi connectivity index (χ3n) is 4.43. The van der Waals surface area contributed by atoms with Crippen molar-refractivity contribution in [3.63, 3.8) is 0 Å². The number of carbonyl (C=O) groups excluding carboxylic acids is 1. The minimum atomic E-state index is -0.211. The molecule has 4 nitrogen and oxygen atoms in total. The van der Waals surface area contributed by atoms with Crippen LogP contribution in [0.2, 0.25) is 0 Å². The van der Waals surface area contributed by atoms with Gasteiger partial charge in [-0.05, 0) is 43.7 Å². The van der Waals surface area contributed by atoms with E-state index >= 15 is 0 Å². The molecular weight excluding hydrogens is 269 g/mol. The van der Waals surface area contributed by atoms with Crippen molar-refractivity contribution in [2.24, 2.45) is 5.92 Å². The molecule has 5 heteroatoms. The summed E-state index contributed by atoms with van der Waals surface area (Å²) in [5.74, 6) is 0.231. The van der Waals surface area contributed by atoms with Crippen LogP contribution in [0.5, 0.6) is 0 Å². The lowest BCUT2D eigenvalue weighted by Gasteiger charge is -2.38. The van der Waals surface area contributed by atoms with Crippen molar-refractivity contribution in [2.75, 3.05) is 44.2 Å². The van der Waals surface area contributed by atoms with E-state index in [0.717, 1.165) is 57.8 Å². The second kappa shape index (κ2) is 6.43. The average Bonchev–Trinajstić information content (AvgIpc) is 2.56. The molecule has 0 bridgehead atoms. The van der Waals surface area contributed by atoms with Crippen molar-refractivity contribution in [3.05, 3.63) is 30.1 Å². The van der Waals surface area contributed by atoms with Crippen LogP contribution in [0.3, 0.4) is 0 Å². The number of halogens is 1. The molecule has 1 aromatic rings. The quantitative estimate of drug-likeness (QED) is 0.896. The number of piperazine rings is 1. The molecule has 21 heavy (non-hydrogen) atoms. The largest absolute Gasteiger partial charge is 0.368 e. The molecule has 2 heterocycles. The first-order valence-corrected chi connectivity index (χ1v) is 7.74. The molecule has 114 valence electrons. The maximum atomic E-state index is 13.0. The number of rotatable bonds is 2. The second-order valence-electron chi connectivity index (χ2n) is 5.83. The molecular formula is C16H22FN3O. The molecule has 2 aliphatic rings. The SMILES string of the molecule is O=C(C1CCCNC1)N1CCN(c2ccc(F)cc2)CC1. The van der Waals surface area contributed by atoms with Gasteiger partial charge in [-0.25, -0.2) is 4.39 Å². The Morgan fingerprint density at radius 2 is 1.86 bits per heavy atom. The van der Waals surface area contributed by atoms with E-state index in [1.54, 1.807) is 12.1 Å². The zero-order chi connectivity index (χ0) is 14.7. The Morgan fingerprint density at radius 3 is 2.48 bits per heavy atom. The summed E-state index contributed by atoms with van der Waals surface area (Å²) in [6, 6.07) is 6.58. The fourth-order valence-electron chi connectivity index (χ4n) is 3.16. The van der Waals surface area contributed by atoms with Crippen LogP contribution in [0, 0.1) is 11.7 Å². The Labute approximate surface area is 124 Å². The first-order chi connectivity index (χ1) is 10.2. The van der Waals surface area contributed by atoms with E-state index in [-0.39, 0.29) is 11.7 Å². The predicted octanol–water partition coefficient (Wildman–Crippen LogP) is 1.47. The second-order valence-corrected chi connectivity index (χ2v) is 5.83. The van der Waals surface area contributed by atoms with Crippen molar-refractivity contribution in [3.8, 4) is 0 Å². The van der Waals surface area contributed by atoms with Crippen molar-refractivity contribution in [1.82, 2.24) is 10.2 Å². The first-order valence-electron chi connectivity index (χ1n) is 7.74. The van der Waals surface area contributed by atoms with Crippen LogP contribution in [0.15, 0.2) is 24.3 Å². The zero-order valence-corrected chi connectivity index (χ0v) is 12.2. The van der Waals surface area contributed by atoms with E-state index in [1.807, 2.05) is 4.90 Å². The lowest BCUT2D eigenvalue weighted by Crippen LogP contribution is -2.52. The summed E-state index contributed by atoms with van der Waals surface area (Å²) in [5, 5.41) is 3.30. The van der Waals surface area contributed by atoms with Crippen molar-refractivity contribution >= 4 is 11.6 Å². The summed E-state index contributed by atoms with van der Waals surface area (Å²) in [4.78, 5) is 16.7. The van der Waals surface area contributed by atoms with Gasteiger partial charge < -0.3 is 15.1 Å². The summed E-state index contributed by atoms with van der Waals surface area (Å²) >= 11 is 0. The highest BCUT2D eigenvalue weighted by Gasteiger charge is 2.28. The fourth-order valence-corrected chi connectivity index (χ4v) is 3.16. The molecule has 1 N–H and O–H groups in total. The molecule has 0 aromatic heterocycles. The molecule has 2 aliphatic heterocycles. The third-order valence-corrected chi connectivity index (χ3v) is 4.43. The van der Waals surface area contributed by atoms with Crippen molar-refractivity contribution in [1.29, 1.82) is 0 Å². The monoisotopic (exact) mass is 291 g/mol. The number of carbonyl (C=O) groups is 1. The van der Waals surface area contributed by atoms with Gasteiger partial charge in [0.15, 0.2) is 0 Å². The fraction of sp³-hybridized carbons (Fsp3) is 0.562. The Kier molecular flexibility index (Phi) is 4.39. The highest BCUT2D eigenvalue weighted by atomic mass is 19.1. The molecule has 0 saturated carbocycles. The van der Waals surface area contributed by atoms with E-state index in [0.29, 0.717) is 5.91 Å². The Bertz CT molecular complexity index is 477. The minimum Gasteiger partial charge on any atom is -0.368 e. The van der Waals surface area contributed by atoms with Crippen LogP contribution in [0.4, 0.5) is 10.1 Å². The van der Waals surface area contributed by atoms with E-state index in [4.69, 9.17) is 0 Å². The molecule has 0 spiro atoms. The predicted molar refractivity (Wildman–Crippen MR) is 80.8 cm³/mol. The summed E-state index contributed by atoms with van der Waals surface area (Å²) < 4.78 is 13.0. The summed E-state index contributed by atoms with van der Waals surface area (Å²) in [6.07, 6.45) is 2.09. The van der Waals surface area contributed by atoms with E-state index in [1.165, 1.54) is 12.1 Å². The number of nitrogens with zero attached hydrogens (tertiary/aromatic N) is 2. The molecule has 3 rings (SSSR count). The van der Waals surface area contributed by atoms with E-state index in [9.17, 15) is 9.18 Å². The normalized spacial score (nSPS) is 23.2. The molecule has 1 unspecified atom stereocenters. The maximum Gasteiger partial charge on any atom is 0.227 e. The first kappa shape index (κ1) is 14.3. The van der Waals surface area contributed by atoms with Gasteiger partial charge in [0.2, 0.25) is 5.91 Å². The maximum absolute atomic E-state index is 13.0. The number of benzene rings is 1.